The van der Waals surface area contributed by atoms with Crippen molar-refractivity contribution in [3.8, 4) is 22.1 Å². The molecule has 9 heteroatoms. The number of aromatic nitrogens is 1. The van der Waals surface area contributed by atoms with Gasteiger partial charge < -0.3 is 10.1 Å². The third-order valence-corrected chi connectivity index (χ3v) is 8.10. The smallest absolute Gasteiger partial charge is 0.230 e. The van der Waals surface area contributed by atoms with Crippen molar-refractivity contribution < 1.29 is 17.9 Å². The van der Waals surface area contributed by atoms with Gasteiger partial charge in [0.05, 0.1) is 17.1 Å². The number of aryl methyl sites for hydroxylation is 1. The molecule has 0 saturated carbocycles. The van der Waals surface area contributed by atoms with Crippen molar-refractivity contribution in [2.75, 3.05) is 11.1 Å². The van der Waals surface area contributed by atoms with Gasteiger partial charge in [0.15, 0.2) is 15.0 Å². The molecule has 6 nitrogen and oxygen atoms in total. The van der Waals surface area contributed by atoms with E-state index in [0.717, 1.165) is 11.1 Å². The van der Waals surface area contributed by atoms with Gasteiger partial charge in [-0.2, -0.15) is 0 Å². The Labute approximate surface area is 213 Å². The number of hydrogen-bond donors (Lipinski definition) is 1. The summed E-state index contributed by atoms with van der Waals surface area (Å²) in [7, 11) is -3.28. The summed E-state index contributed by atoms with van der Waals surface area (Å²) in [5, 5.41) is 4.32. The van der Waals surface area contributed by atoms with Gasteiger partial charge in [0.2, 0.25) is 11.0 Å². The van der Waals surface area contributed by atoms with Crippen LogP contribution in [0.4, 0.5) is 5.13 Å². The van der Waals surface area contributed by atoms with E-state index in [0.29, 0.717) is 32.2 Å². The number of benzene rings is 3. The van der Waals surface area contributed by atoms with Crippen LogP contribution in [0, 0.1) is 6.92 Å². The molecular weight excluding hydrogens is 504 g/mol. The number of anilines is 1. The minimum atomic E-state index is -3.28. The Morgan fingerprint density at radius 1 is 1.06 bits per heavy atom. The number of halogens is 1. The molecule has 0 aliphatic heterocycles. The standard InChI is InChI=1S/C26H23ClN2O4S2/c1-3-35(31,32)21-13-11-18(12-14-21)15-23(30)28-26-29-24(19-8-6-9-20(27)16-19)25(34-26)33-22-10-5-4-7-17(22)2/h4-14,16H,3,15H2,1-2H3,(H,28,29,30). The van der Waals surface area contributed by atoms with Crippen LogP contribution in [0.2, 0.25) is 5.02 Å². The summed E-state index contributed by atoms with van der Waals surface area (Å²) in [5.41, 5.74) is 3.01. The lowest BCUT2D eigenvalue weighted by Crippen LogP contribution is -2.14. The van der Waals surface area contributed by atoms with E-state index >= 15 is 0 Å². The first kappa shape index (κ1) is 24.9. The van der Waals surface area contributed by atoms with Crippen molar-refractivity contribution in [2.24, 2.45) is 0 Å². The van der Waals surface area contributed by atoms with E-state index in [9.17, 15) is 13.2 Å². The number of hydrogen-bond acceptors (Lipinski definition) is 6. The number of rotatable bonds is 8. The monoisotopic (exact) mass is 526 g/mol. The second-order valence-electron chi connectivity index (χ2n) is 7.81. The molecule has 1 amide bonds. The van der Waals surface area contributed by atoms with Crippen LogP contribution >= 0.6 is 22.9 Å². The number of nitrogens with one attached hydrogen (secondary N) is 1. The quantitative estimate of drug-likeness (QED) is 0.282. The molecule has 1 aromatic heterocycles. The summed E-state index contributed by atoms with van der Waals surface area (Å²) in [4.78, 5) is 17.6. The van der Waals surface area contributed by atoms with Crippen LogP contribution in [0.15, 0.2) is 77.7 Å². The van der Waals surface area contributed by atoms with Crippen molar-refractivity contribution in [1.29, 1.82) is 0 Å². The lowest BCUT2D eigenvalue weighted by Gasteiger charge is -2.08. The second kappa shape index (κ2) is 10.6. The fraction of sp³-hybridized carbons (Fsp3) is 0.154. The number of nitrogens with zero attached hydrogens (tertiary/aromatic N) is 1. The molecule has 35 heavy (non-hydrogen) atoms. The molecular formula is C26H23ClN2O4S2. The van der Waals surface area contributed by atoms with Crippen molar-refractivity contribution in [3.05, 3.63) is 88.9 Å². The van der Waals surface area contributed by atoms with Crippen molar-refractivity contribution >= 4 is 43.8 Å². The van der Waals surface area contributed by atoms with Crippen molar-refractivity contribution in [1.82, 2.24) is 4.98 Å². The van der Waals surface area contributed by atoms with Gasteiger partial charge in [-0.1, -0.05) is 72.3 Å². The van der Waals surface area contributed by atoms with Crippen LogP contribution in [-0.2, 0) is 21.1 Å². The predicted octanol–water partition coefficient (Wildman–Crippen LogP) is 6.54. The molecule has 3 aromatic carbocycles. The Morgan fingerprint density at radius 2 is 1.80 bits per heavy atom. The Bertz CT molecular complexity index is 1460. The first-order chi connectivity index (χ1) is 16.7. The van der Waals surface area contributed by atoms with Gasteiger partial charge in [-0.15, -0.1) is 0 Å². The fourth-order valence-corrected chi connectivity index (χ4v) is 5.29. The first-order valence-electron chi connectivity index (χ1n) is 10.9. The maximum absolute atomic E-state index is 12.7. The minimum absolute atomic E-state index is 0.0265. The summed E-state index contributed by atoms with van der Waals surface area (Å²) in [6, 6.07) is 21.3. The van der Waals surface area contributed by atoms with Crippen LogP contribution in [0.1, 0.15) is 18.1 Å². The predicted molar refractivity (Wildman–Crippen MR) is 140 cm³/mol. The highest BCUT2D eigenvalue weighted by molar-refractivity contribution is 7.91. The normalized spacial score (nSPS) is 11.3. The van der Waals surface area contributed by atoms with Crippen LogP contribution in [0.5, 0.6) is 10.8 Å². The zero-order valence-electron chi connectivity index (χ0n) is 19.1. The van der Waals surface area contributed by atoms with E-state index in [1.54, 1.807) is 31.2 Å². The fourth-order valence-electron chi connectivity index (χ4n) is 3.35. The van der Waals surface area contributed by atoms with Crippen molar-refractivity contribution in [2.45, 2.75) is 25.2 Å². The van der Waals surface area contributed by atoms with Crippen LogP contribution < -0.4 is 10.1 Å². The summed E-state index contributed by atoms with van der Waals surface area (Å²) in [5.74, 6) is 0.447. The molecule has 0 fully saturated rings. The minimum Gasteiger partial charge on any atom is -0.444 e. The molecule has 4 aromatic rings. The zero-order chi connectivity index (χ0) is 25.0. The highest BCUT2D eigenvalue weighted by atomic mass is 35.5. The van der Waals surface area contributed by atoms with Gasteiger partial charge >= 0.3 is 0 Å². The molecule has 4 rings (SSSR count). The highest BCUT2D eigenvalue weighted by Gasteiger charge is 2.18. The number of carbonyl (C=O) groups is 1. The average molecular weight is 527 g/mol. The molecule has 0 radical (unpaired) electrons. The Kier molecular flexibility index (Phi) is 7.54. The van der Waals surface area contributed by atoms with E-state index in [1.165, 1.54) is 23.5 Å². The highest BCUT2D eigenvalue weighted by Crippen LogP contribution is 2.41. The van der Waals surface area contributed by atoms with Gasteiger partial charge in [0.25, 0.3) is 0 Å². The maximum Gasteiger partial charge on any atom is 0.230 e. The largest absolute Gasteiger partial charge is 0.444 e. The average Bonchev–Trinajstić information content (AvgIpc) is 3.22. The SMILES string of the molecule is CCS(=O)(=O)c1ccc(CC(=O)Nc2nc(-c3cccc(Cl)c3)c(Oc3ccccc3C)s2)cc1. The van der Waals surface area contributed by atoms with Gasteiger partial charge in [0.1, 0.15) is 11.4 Å². The Balaban J connectivity index is 1.56. The molecule has 0 saturated heterocycles. The van der Waals surface area contributed by atoms with Crippen LogP contribution in [0.25, 0.3) is 11.3 Å². The van der Waals surface area contributed by atoms with E-state index in [4.69, 9.17) is 16.3 Å². The second-order valence-corrected chi connectivity index (χ2v) is 11.5. The lowest BCUT2D eigenvalue weighted by molar-refractivity contribution is -0.115. The third-order valence-electron chi connectivity index (χ3n) is 5.26. The first-order valence-corrected chi connectivity index (χ1v) is 13.7. The van der Waals surface area contributed by atoms with E-state index in [-0.39, 0.29) is 23.0 Å². The summed E-state index contributed by atoms with van der Waals surface area (Å²) in [6.45, 7) is 3.55. The summed E-state index contributed by atoms with van der Waals surface area (Å²) in [6.07, 6.45) is 0.0759. The van der Waals surface area contributed by atoms with Crippen LogP contribution in [-0.4, -0.2) is 25.1 Å². The third kappa shape index (κ3) is 6.08. The molecule has 0 aliphatic rings. The maximum atomic E-state index is 12.7. The molecule has 0 atom stereocenters. The van der Waals surface area contributed by atoms with Gasteiger partial charge in [0, 0.05) is 10.6 Å². The Hall–Kier alpha value is -3.20. The molecule has 1 heterocycles. The number of ether oxygens (including phenoxy) is 1. The van der Waals surface area contributed by atoms with Crippen LogP contribution in [0.3, 0.4) is 0 Å². The van der Waals surface area contributed by atoms with Crippen molar-refractivity contribution in [3.63, 3.8) is 0 Å². The molecule has 0 aliphatic carbocycles. The molecule has 1 N–H and O–H groups in total. The number of amides is 1. The van der Waals surface area contributed by atoms with Gasteiger partial charge in [-0.05, 0) is 48.4 Å². The molecule has 180 valence electrons. The lowest BCUT2D eigenvalue weighted by atomic mass is 10.1. The topological polar surface area (TPSA) is 85.4 Å². The summed E-state index contributed by atoms with van der Waals surface area (Å²) < 4.78 is 30.2. The number of sulfone groups is 1. The number of thiazole rings is 1. The molecule has 0 bridgehead atoms. The zero-order valence-corrected chi connectivity index (χ0v) is 21.5. The molecule has 0 spiro atoms. The number of carbonyl (C=O) groups excluding carboxylic acids is 1. The molecule has 0 unspecified atom stereocenters. The number of para-hydroxylation sites is 1. The van der Waals surface area contributed by atoms with E-state index < -0.39 is 9.84 Å². The van der Waals surface area contributed by atoms with Gasteiger partial charge in [-0.3, -0.25) is 4.79 Å². The van der Waals surface area contributed by atoms with Gasteiger partial charge in [-0.25, -0.2) is 13.4 Å². The van der Waals surface area contributed by atoms with E-state index in [2.05, 4.69) is 10.3 Å². The Morgan fingerprint density at radius 3 is 2.49 bits per heavy atom. The van der Waals surface area contributed by atoms with E-state index in [1.807, 2.05) is 43.3 Å². The summed E-state index contributed by atoms with van der Waals surface area (Å²) >= 11 is 7.41.